The molecule has 0 aromatic carbocycles. The van der Waals surface area contributed by atoms with Crippen LogP contribution in [-0.4, -0.2) is 34.6 Å². The van der Waals surface area contributed by atoms with Gasteiger partial charge in [0.05, 0.1) is 35.2 Å². The Hall–Kier alpha value is -3.09. The number of fused-ring (bicyclic) bond motifs is 1. The van der Waals surface area contributed by atoms with Gasteiger partial charge in [-0.15, -0.1) is 0 Å². The van der Waals surface area contributed by atoms with Crippen LogP contribution in [0.3, 0.4) is 0 Å². The van der Waals surface area contributed by atoms with Gasteiger partial charge in [-0.3, -0.25) is 4.79 Å². The number of hydrogen-bond donors (Lipinski definition) is 2. The number of nitrogens with zero attached hydrogens (tertiary/aromatic N) is 1. The molecule has 7 heteroatoms. The Balaban J connectivity index is 1.82. The molecule has 1 amide bonds. The summed E-state index contributed by atoms with van der Waals surface area (Å²) in [5, 5.41) is 2.82. The van der Waals surface area contributed by atoms with Crippen LogP contribution in [0.15, 0.2) is 18.2 Å². The van der Waals surface area contributed by atoms with Crippen molar-refractivity contribution in [2.45, 2.75) is 65.9 Å². The first kappa shape index (κ1) is 22.6. The highest BCUT2D eigenvalue weighted by molar-refractivity contribution is 6.34. The van der Waals surface area contributed by atoms with E-state index in [1.807, 2.05) is 13.8 Å². The van der Waals surface area contributed by atoms with Crippen molar-refractivity contribution < 1.29 is 19.1 Å². The van der Waals surface area contributed by atoms with Gasteiger partial charge in [0.15, 0.2) is 0 Å². The van der Waals surface area contributed by atoms with Crippen LogP contribution in [-0.2, 0) is 9.53 Å². The zero-order valence-electron chi connectivity index (χ0n) is 18.7. The van der Waals surface area contributed by atoms with Crippen molar-refractivity contribution in [3.63, 3.8) is 0 Å². The Morgan fingerprint density at radius 3 is 2.77 bits per heavy atom. The van der Waals surface area contributed by atoms with Crippen molar-refractivity contribution in [3.05, 3.63) is 40.8 Å². The number of esters is 1. The number of H-pyrrole nitrogens is 1. The van der Waals surface area contributed by atoms with Crippen LogP contribution in [0.2, 0.25) is 0 Å². The molecule has 0 saturated heterocycles. The second-order valence-corrected chi connectivity index (χ2v) is 7.84. The number of hydrogen-bond acceptors (Lipinski definition) is 5. The van der Waals surface area contributed by atoms with Gasteiger partial charge >= 0.3 is 5.97 Å². The minimum absolute atomic E-state index is 0.0429. The smallest absolute Gasteiger partial charge is 0.340 e. The SMILES string of the molecule is CCCCCC[C@H](C)Oc1ccc2c(n1)/C(=C/c1[nH]c(C)cc1C(=O)OCC)C(=O)N2. The number of carbonyl (C=O) groups is 2. The Bertz CT molecular complexity index is 977. The fraction of sp³-hybridized carbons (Fsp3) is 0.458. The summed E-state index contributed by atoms with van der Waals surface area (Å²) in [6, 6.07) is 5.28. The van der Waals surface area contributed by atoms with Gasteiger partial charge in [0.1, 0.15) is 5.69 Å². The summed E-state index contributed by atoms with van der Waals surface area (Å²) in [7, 11) is 0. The summed E-state index contributed by atoms with van der Waals surface area (Å²) < 4.78 is 11.1. The van der Waals surface area contributed by atoms with Crippen LogP contribution in [0.5, 0.6) is 5.88 Å². The molecule has 0 fully saturated rings. The molecule has 2 N–H and O–H groups in total. The van der Waals surface area contributed by atoms with Crippen molar-refractivity contribution in [3.8, 4) is 5.88 Å². The van der Waals surface area contributed by atoms with Crippen LogP contribution in [0.4, 0.5) is 5.69 Å². The first-order valence-corrected chi connectivity index (χ1v) is 11.0. The van der Waals surface area contributed by atoms with Gasteiger partial charge in [-0.25, -0.2) is 9.78 Å². The summed E-state index contributed by atoms with van der Waals surface area (Å²) in [4.78, 5) is 32.6. The number of rotatable bonds is 10. The number of pyridine rings is 1. The fourth-order valence-corrected chi connectivity index (χ4v) is 3.61. The van der Waals surface area contributed by atoms with Crippen LogP contribution >= 0.6 is 0 Å². The molecule has 2 aromatic heterocycles. The van der Waals surface area contributed by atoms with Gasteiger partial charge in [0, 0.05) is 11.8 Å². The highest BCUT2D eigenvalue weighted by Crippen LogP contribution is 2.34. The zero-order chi connectivity index (χ0) is 22.4. The lowest BCUT2D eigenvalue weighted by atomic mass is 10.1. The summed E-state index contributed by atoms with van der Waals surface area (Å²) in [5.74, 6) is -0.217. The van der Waals surface area contributed by atoms with Crippen molar-refractivity contribution in [1.29, 1.82) is 0 Å². The molecule has 0 aliphatic carbocycles. The van der Waals surface area contributed by atoms with Gasteiger partial charge in [-0.2, -0.15) is 0 Å². The number of ether oxygens (including phenoxy) is 2. The van der Waals surface area contributed by atoms with E-state index in [9.17, 15) is 9.59 Å². The molecule has 7 nitrogen and oxygen atoms in total. The summed E-state index contributed by atoms with van der Waals surface area (Å²) >= 11 is 0. The van der Waals surface area contributed by atoms with Gasteiger partial charge in [-0.05, 0) is 51.8 Å². The minimum Gasteiger partial charge on any atom is -0.475 e. The quantitative estimate of drug-likeness (QED) is 0.313. The molecule has 0 bridgehead atoms. The number of carbonyl (C=O) groups excluding carboxylic acids is 2. The lowest BCUT2D eigenvalue weighted by Gasteiger charge is -2.14. The molecule has 0 radical (unpaired) electrons. The average molecular weight is 426 g/mol. The third-order valence-electron chi connectivity index (χ3n) is 5.17. The lowest BCUT2D eigenvalue weighted by Crippen LogP contribution is -2.12. The predicted molar refractivity (Wildman–Crippen MR) is 121 cm³/mol. The van der Waals surface area contributed by atoms with Gasteiger partial charge in [-0.1, -0.05) is 26.2 Å². The Kier molecular flexibility index (Phi) is 7.50. The van der Waals surface area contributed by atoms with E-state index in [0.29, 0.717) is 34.1 Å². The second kappa shape index (κ2) is 10.3. The molecule has 0 saturated carbocycles. The van der Waals surface area contributed by atoms with Gasteiger partial charge < -0.3 is 19.8 Å². The van der Waals surface area contributed by atoms with Crippen molar-refractivity contribution in [2.24, 2.45) is 0 Å². The van der Waals surface area contributed by atoms with Crippen molar-refractivity contribution in [1.82, 2.24) is 9.97 Å². The van der Waals surface area contributed by atoms with E-state index in [1.165, 1.54) is 19.3 Å². The maximum Gasteiger partial charge on any atom is 0.340 e. The molecule has 3 rings (SSSR count). The molecule has 0 unspecified atom stereocenters. The monoisotopic (exact) mass is 425 g/mol. The Labute approximate surface area is 183 Å². The van der Waals surface area contributed by atoms with Crippen LogP contribution in [0, 0.1) is 6.92 Å². The van der Waals surface area contributed by atoms with E-state index in [1.54, 1.807) is 31.2 Å². The molecular weight excluding hydrogens is 394 g/mol. The van der Waals surface area contributed by atoms with E-state index < -0.39 is 5.97 Å². The van der Waals surface area contributed by atoms with Crippen molar-refractivity contribution >= 4 is 29.2 Å². The number of amides is 1. The van der Waals surface area contributed by atoms with E-state index in [2.05, 4.69) is 22.2 Å². The largest absolute Gasteiger partial charge is 0.475 e. The zero-order valence-corrected chi connectivity index (χ0v) is 18.7. The molecule has 1 aliphatic heterocycles. The summed E-state index contributed by atoms with van der Waals surface area (Å²) in [6.07, 6.45) is 7.41. The molecule has 3 heterocycles. The number of nitrogens with one attached hydrogen (secondary N) is 2. The first-order chi connectivity index (χ1) is 14.9. The number of anilines is 1. The number of aromatic amines is 1. The molecule has 1 atom stereocenters. The van der Waals surface area contributed by atoms with Crippen molar-refractivity contribution in [2.75, 3.05) is 11.9 Å². The fourth-order valence-electron chi connectivity index (χ4n) is 3.61. The van der Waals surface area contributed by atoms with Crippen LogP contribution < -0.4 is 10.1 Å². The molecule has 166 valence electrons. The third-order valence-corrected chi connectivity index (χ3v) is 5.17. The Morgan fingerprint density at radius 1 is 1.23 bits per heavy atom. The normalized spacial score (nSPS) is 15.0. The highest BCUT2D eigenvalue weighted by atomic mass is 16.5. The summed E-state index contributed by atoms with van der Waals surface area (Å²) in [6.45, 7) is 8.11. The van der Waals surface area contributed by atoms with Crippen LogP contribution in [0.25, 0.3) is 11.6 Å². The second-order valence-electron chi connectivity index (χ2n) is 7.84. The maximum absolute atomic E-state index is 12.6. The minimum atomic E-state index is -0.431. The van der Waals surface area contributed by atoms with Crippen LogP contribution in [0.1, 0.15) is 80.3 Å². The molecule has 0 spiro atoms. The standard InChI is InChI=1S/C24H31N3O4/c1-5-7-8-9-10-16(4)31-21-12-11-19-22(27-21)18(23(28)26-19)14-20-17(13-15(3)25-20)24(29)30-6-2/h11-14,16,25H,5-10H2,1-4H3,(H,26,28)/b18-14-/t16-/m0/s1. The van der Waals surface area contributed by atoms with E-state index in [0.717, 1.165) is 18.5 Å². The highest BCUT2D eigenvalue weighted by Gasteiger charge is 2.28. The average Bonchev–Trinajstić information content (AvgIpc) is 3.25. The summed E-state index contributed by atoms with van der Waals surface area (Å²) in [5.41, 5.74) is 3.23. The predicted octanol–water partition coefficient (Wildman–Crippen LogP) is 5.13. The van der Waals surface area contributed by atoms with E-state index in [4.69, 9.17) is 9.47 Å². The number of unbranched alkanes of at least 4 members (excludes halogenated alkanes) is 3. The number of aryl methyl sites for hydroxylation is 1. The molecule has 2 aromatic rings. The van der Waals surface area contributed by atoms with Gasteiger partial charge in [0.2, 0.25) is 5.88 Å². The van der Waals surface area contributed by atoms with E-state index in [-0.39, 0.29) is 18.6 Å². The number of aromatic nitrogens is 2. The Morgan fingerprint density at radius 2 is 2.03 bits per heavy atom. The molecule has 1 aliphatic rings. The topological polar surface area (TPSA) is 93.3 Å². The van der Waals surface area contributed by atoms with E-state index >= 15 is 0 Å². The molecule has 31 heavy (non-hydrogen) atoms. The third kappa shape index (κ3) is 5.54. The molecular formula is C24H31N3O4. The lowest BCUT2D eigenvalue weighted by molar-refractivity contribution is -0.110. The maximum atomic E-state index is 12.6. The first-order valence-electron chi connectivity index (χ1n) is 11.0. The van der Waals surface area contributed by atoms with Gasteiger partial charge in [0.25, 0.3) is 5.91 Å².